The average molecular weight is 479 g/mol. The van der Waals surface area contributed by atoms with Gasteiger partial charge in [-0.15, -0.1) is 5.10 Å². The number of nitrogens with one attached hydrogen (secondary N) is 2. The van der Waals surface area contributed by atoms with Gasteiger partial charge in [0.05, 0.1) is 35.5 Å². The highest BCUT2D eigenvalue weighted by atomic mass is 32.2. The lowest BCUT2D eigenvalue weighted by molar-refractivity contribution is 0.312. The topological polar surface area (TPSA) is 108 Å². The first-order valence-electron chi connectivity index (χ1n) is 10.9. The Balaban J connectivity index is 1.37. The van der Waals surface area contributed by atoms with E-state index in [1.165, 1.54) is 0 Å². The van der Waals surface area contributed by atoms with E-state index in [2.05, 4.69) is 42.0 Å². The van der Waals surface area contributed by atoms with Crippen LogP contribution in [-0.4, -0.2) is 72.4 Å². The van der Waals surface area contributed by atoms with Gasteiger partial charge in [-0.2, -0.15) is 0 Å². The minimum atomic E-state index is -3.36. The molecule has 0 saturated carbocycles. The van der Waals surface area contributed by atoms with Gasteiger partial charge in [0, 0.05) is 37.4 Å². The van der Waals surface area contributed by atoms with Crippen LogP contribution in [0.5, 0.6) is 0 Å². The molecule has 1 aromatic carbocycles. The summed E-state index contributed by atoms with van der Waals surface area (Å²) in [5.41, 5.74) is 3.77. The third kappa shape index (κ3) is 4.95. The summed E-state index contributed by atoms with van der Waals surface area (Å²) in [6, 6.07) is 15.0. The number of benzene rings is 1. The number of nitrogens with zero attached hydrogens (tertiary/aromatic N) is 6. The maximum absolute atomic E-state index is 11.6. The van der Waals surface area contributed by atoms with Crippen LogP contribution in [0.3, 0.4) is 0 Å². The molecule has 0 atom stereocenters. The zero-order chi connectivity index (χ0) is 23.7. The molecule has 0 bridgehead atoms. The molecule has 0 aliphatic carbocycles. The summed E-state index contributed by atoms with van der Waals surface area (Å²) in [4.78, 5) is 13.6. The first kappa shape index (κ1) is 22.1. The standard InChI is InChI=1S/C23H26N8O2S/c1-29-10-12-30(13-11-29)22-9-6-19(15-24-22)26-23-25-16-20-7-8-21(31(20)27-23)17-4-3-5-18(14-17)28-34(2,32)33/h3-9,14-16,28H,10-13H2,1-2H3,(H,26,27). The molecule has 0 radical (unpaired) electrons. The van der Waals surface area contributed by atoms with Crippen LogP contribution in [0.4, 0.5) is 23.1 Å². The third-order valence-corrected chi connectivity index (χ3v) is 6.30. The van der Waals surface area contributed by atoms with Crippen LogP contribution in [0.25, 0.3) is 16.8 Å². The number of hydrogen-bond acceptors (Lipinski definition) is 8. The number of anilines is 4. The van der Waals surface area contributed by atoms with Crippen LogP contribution in [0.15, 0.2) is 60.9 Å². The van der Waals surface area contributed by atoms with Gasteiger partial charge in [0.2, 0.25) is 16.0 Å². The normalized spacial score (nSPS) is 14.9. The lowest BCUT2D eigenvalue weighted by Crippen LogP contribution is -2.44. The van der Waals surface area contributed by atoms with Crippen molar-refractivity contribution in [3.05, 3.63) is 60.9 Å². The van der Waals surface area contributed by atoms with E-state index >= 15 is 0 Å². The quantitative estimate of drug-likeness (QED) is 0.436. The molecule has 10 nitrogen and oxygen atoms in total. The second kappa shape index (κ2) is 8.92. The Morgan fingerprint density at radius 3 is 2.47 bits per heavy atom. The number of aromatic nitrogens is 4. The highest BCUT2D eigenvalue weighted by Crippen LogP contribution is 2.26. The summed E-state index contributed by atoms with van der Waals surface area (Å²) >= 11 is 0. The van der Waals surface area contributed by atoms with Crippen molar-refractivity contribution in [3.63, 3.8) is 0 Å². The molecule has 11 heteroatoms. The van der Waals surface area contributed by atoms with E-state index in [1.54, 1.807) is 35.1 Å². The molecule has 1 saturated heterocycles. The van der Waals surface area contributed by atoms with E-state index in [-0.39, 0.29) is 0 Å². The zero-order valence-electron chi connectivity index (χ0n) is 19.0. The maximum atomic E-state index is 11.6. The molecule has 34 heavy (non-hydrogen) atoms. The molecule has 0 amide bonds. The van der Waals surface area contributed by atoms with Crippen LogP contribution in [-0.2, 0) is 10.0 Å². The van der Waals surface area contributed by atoms with Crippen molar-refractivity contribution < 1.29 is 8.42 Å². The second-order valence-electron chi connectivity index (χ2n) is 8.41. The number of pyridine rings is 1. The van der Waals surface area contributed by atoms with Gasteiger partial charge in [-0.3, -0.25) is 4.72 Å². The first-order chi connectivity index (χ1) is 16.3. The summed E-state index contributed by atoms with van der Waals surface area (Å²) in [7, 11) is -1.23. The molecule has 4 heterocycles. The maximum Gasteiger partial charge on any atom is 0.245 e. The molecule has 176 valence electrons. The van der Waals surface area contributed by atoms with Crippen molar-refractivity contribution in [2.45, 2.75) is 0 Å². The van der Waals surface area contributed by atoms with Crippen molar-refractivity contribution in [1.82, 2.24) is 24.5 Å². The predicted octanol–water partition coefficient (Wildman–Crippen LogP) is 2.66. The molecule has 0 spiro atoms. The van der Waals surface area contributed by atoms with E-state index < -0.39 is 10.0 Å². The number of piperazine rings is 1. The Morgan fingerprint density at radius 1 is 0.912 bits per heavy atom. The van der Waals surface area contributed by atoms with E-state index in [4.69, 9.17) is 0 Å². The second-order valence-corrected chi connectivity index (χ2v) is 10.2. The number of hydrogen-bond donors (Lipinski definition) is 2. The Hall–Kier alpha value is -3.70. The molecule has 2 N–H and O–H groups in total. The Morgan fingerprint density at radius 2 is 1.74 bits per heavy atom. The molecular formula is C23H26N8O2S. The summed E-state index contributed by atoms with van der Waals surface area (Å²) < 4.78 is 27.5. The summed E-state index contributed by atoms with van der Waals surface area (Å²) in [5, 5.41) is 7.86. The summed E-state index contributed by atoms with van der Waals surface area (Å²) in [5.74, 6) is 1.40. The Labute approximate surface area is 198 Å². The summed E-state index contributed by atoms with van der Waals surface area (Å²) in [6.07, 6.45) is 4.66. The molecule has 4 aromatic rings. The molecule has 1 fully saturated rings. The van der Waals surface area contributed by atoms with E-state index in [1.807, 2.05) is 30.3 Å². The van der Waals surface area contributed by atoms with Crippen molar-refractivity contribution in [2.75, 3.05) is 54.4 Å². The van der Waals surface area contributed by atoms with Gasteiger partial charge in [0.25, 0.3) is 0 Å². The highest BCUT2D eigenvalue weighted by molar-refractivity contribution is 7.92. The van der Waals surface area contributed by atoms with Crippen LogP contribution in [0, 0.1) is 0 Å². The van der Waals surface area contributed by atoms with Crippen LogP contribution in [0.1, 0.15) is 0 Å². The van der Waals surface area contributed by atoms with Crippen molar-refractivity contribution in [3.8, 4) is 11.3 Å². The monoisotopic (exact) mass is 478 g/mol. The van der Waals surface area contributed by atoms with Gasteiger partial charge in [0.15, 0.2) is 0 Å². The Kier molecular flexibility index (Phi) is 5.80. The van der Waals surface area contributed by atoms with Gasteiger partial charge in [-0.1, -0.05) is 12.1 Å². The lowest BCUT2D eigenvalue weighted by Gasteiger charge is -2.33. The average Bonchev–Trinajstić information content (AvgIpc) is 3.23. The molecular weight excluding hydrogens is 452 g/mol. The lowest BCUT2D eigenvalue weighted by atomic mass is 10.1. The summed E-state index contributed by atoms with van der Waals surface area (Å²) in [6.45, 7) is 3.99. The van der Waals surface area contributed by atoms with Crippen LogP contribution >= 0.6 is 0 Å². The Bertz CT molecular complexity index is 1410. The van der Waals surface area contributed by atoms with Crippen molar-refractivity contribution in [1.29, 1.82) is 0 Å². The zero-order valence-corrected chi connectivity index (χ0v) is 19.8. The predicted molar refractivity (Wildman–Crippen MR) is 134 cm³/mol. The third-order valence-electron chi connectivity index (χ3n) is 5.69. The largest absolute Gasteiger partial charge is 0.354 e. The van der Waals surface area contributed by atoms with Gasteiger partial charge in [0.1, 0.15) is 5.82 Å². The number of sulfonamides is 1. The van der Waals surface area contributed by atoms with E-state index in [9.17, 15) is 8.42 Å². The SMILES string of the molecule is CN1CCN(c2ccc(Nc3ncc4ccc(-c5cccc(NS(C)(=O)=O)c5)n4n3)cn2)CC1. The highest BCUT2D eigenvalue weighted by Gasteiger charge is 2.15. The van der Waals surface area contributed by atoms with Crippen molar-refractivity contribution in [2.24, 2.45) is 0 Å². The molecule has 5 rings (SSSR count). The number of likely N-dealkylation sites (N-methyl/N-ethyl adjacent to an activating group) is 1. The smallest absolute Gasteiger partial charge is 0.245 e. The molecule has 1 aliphatic rings. The molecule has 0 unspecified atom stereocenters. The minimum absolute atomic E-state index is 0.435. The number of rotatable bonds is 6. The van der Waals surface area contributed by atoms with Gasteiger partial charge < -0.3 is 15.1 Å². The minimum Gasteiger partial charge on any atom is -0.354 e. The fourth-order valence-corrected chi connectivity index (χ4v) is 4.50. The fourth-order valence-electron chi connectivity index (χ4n) is 3.95. The van der Waals surface area contributed by atoms with Crippen LogP contribution < -0.4 is 14.9 Å². The van der Waals surface area contributed by atoms with E-state index in [0.29, 0.717) is 11.6 Å². The van der Waals surface area contributed by atoms with Gasteiger partial charge in [-0.05, 0) is 43.4 Å². The molecule has 1 aliphatic heterocycles. The number of fused-ring (bicyclic) bond motifs is 1. The first-order valence-corrected chi connectivity index (χ1v) is 12.8. The fraction of sp³-hybridized carbons (Fsp3) is 0.261. The molecule has 3 aromatic heterocycles. The van der Waals surface area contributed by atoms with Crippen molar-refractivity contribution >= 4 is 38.7 Å². The van der Waals surface area contributed by atoms with Crippen LogP contribution in [0.2, 0.25) is 0 Å². The van der Waals surface area contributed by atoms with Gasteiger partial charge >= 0.3 is 0 Å². The van der Waals surface area contributed by atoms with Gasteiger partial charge in [-0.25, -0.2) is 22.9 Å². The van der Waals surface area contributed by atoms with E-state index in [0.717, 1.165) is 60.7 Å².